The van der Waals surface area contributed by atoms with E-state index in [4.69, 9.17) is 14.7 Å². The van der Waals surface area contributed by atoms with Crippen LogP contribution in [0.25, 0.3) is 0 Å². The van der Waals surface area contributed by atoms with Crippen LogP contribution in [0.1, 0.15) is 5.56 Å². The molecule has 0 aliphatic heterocycles. The smallest absolute Gasteiger partial charge is 0.287 e. The number of nitrogens with one attached hydrogen (secondary N) is 1. The lowest BCUT2D eigenvalue weighted by molar-refractivity contribution is -0.385. The van der Waals surface area contributed by atoms with Crippen molar-refractivity contribution < 1.29 is 14.4 Å². The largest absolute Gasteiger partial charge is 0.493 e. The summed E-state index contributed by atoms with van der Waals surface area (Å²) >= 11 is 2.07. The number of pyridine rings is 1. The number of benzene rings is 1. The summed E-state index contributed by atoms with van der Waals surface area (Å²) in [6, 6.07) is 8.22. The Morgan fingerprint density at radius 3 is 2.92 bits per heavy atom. The highest BCUT2D eigenvalue weighted by atomic mass is 127. The van der Waals surface area contributed by atoms with E-state index >= 15 is 0 Å². The number of aromatic nitrogens is 1. The molecule has 0 saturated carbocycles. The maximum Gasteiger partial charge on any atom is 0.287 e. The van der Waals surface area contributed by atoms with Gasteiger partial charge in [-0.3, -0.25) is 15.5 Å². The van der Waals surface area contributed by atoms with Crippen molar-refractivity contribution in [3.63, 3.8) is 0 Å². The van der Waals surface area contributed by atoms with Gasteiger partial charge < -0.3 is 9.47 Å². The molecular weight excluding hydrogens is 441 g/mol. The van der Waals surface area contributed by atoms with Crippen LogP contribution in [-0.4, -0.2) is 29.8 Å². The Bertz CT molecular complexity index is 833. The van der Waals surface area contributed by atoms with Crippen LogP contribution in [0.5, 0.6) is 11.5 Å². The molecule has 0 aliphatic rings. The summed E-state index contributed by atoms with van der Waals surface area (Å²) in [5.74, 6) is 1.35. The zero-order valence-electron chi connectivity index (χ0n) is 13.0. The van der Waals surface area contributed by atoms with E-state index < -0.39 is 4.92 Å². The number of nitro groups is 1. The Kier molecular flexibility index (Phi) is 6.47. The lowest BCUT2D eigenvalue weighted by atomic mass is 10.2. The zero-order valence-corrected chi connectivity index (χ0v) is 15.1. The van der Waals surface area contributed by atoms with Crippen LogP contribution < -0.4 is 14.9 Å². The molecule has 0 saturated heterocycles. The van der Waals surface area contributed by atoms with E-state index in [1.54, 1.807) is 12.3 Å². The number of nitrogens with zero attached hydrogens (tertiary/aromatic N) is 4. The number of hydrogen-bond donors (Lipinski definition) is 1. The maximum atomic E-state index is 10.6. The molecule has 0 unspecified atom stereocenters. The van der Waals surface area contributed by atoms with E-state index in [0.29, 0.717) is 17.3 Å². The van der Waals surface area contributed by atoms with Crippen molar-refractivity contribution in [2.24, 2.45) is 5.10 Å². The van der Waals surface area contributed by atoms with Gasteiger partial charge in [-0.25, -0.2) is 4.98 Å². The molecule has 0 fully saturated rings. The number of anilines is 1. The summed E-state index contributed by atoms with van der Waals surface area (Å²) in [6.07, 6.45) is 2.69. The van der Waals surface area contributed by atoms with Crippen molar-refractivity contribution in [1.29, 1.82) is 5.26 Å². The van der Waals surface area contributed by atoms with Crippen LogP contribution >= 0.6 is 22.6 Å². The molecule has 1 heterocycles. The van der Waals surface area contributed by atoms with Gasteiger partial charge in [-0.1, -0.05) is 0 Å². The third-order valence-corrected chi connectivity index (χ3v) is 3.69. The highest BCUT2D eigenvalue weighted by Gasteiger charge is 2.11. The molecule has 0 radical (unpaired) electrons. The summed E-state index contributed by atoms with van der Waals surface area (Å²) in [6.45, 7) is -0.0762. The van der Waals surface area contributed by atoms with Gasteiger partial charge in [0.15, 0.2) is 18.1 Å². The first-order valence-corrected chi connectivity index (χ1v) is 7.90. The Labute approximate surface area is 156 Å². The number of hydrogen-bond acceptors (Lipinski definition) is 8. The topological polar surface area (TPSA) is 123 Å². The van der Waals surface area contributed by atoms with E-state index in [1.165, 1.54) is 19.2 Å². The molecule has 2 aromatic rings. The van der Waals surface area contributed by atoms with Gasteiger partial charge in [-0.15, -0.1) is 0 Å². The fourth-order valence-electron chi connectivity index (χ4n) is 1.79. The van der Waals surface area contributed by atoms with Crippen LogP contribution in [-0.2, 0) is 0 Å². The third kappa shape index (κ3) is 5.01. The zero-order chi connectivity index (χ0) is 18.2. The van der Waals surface area contributed by atoms with Crippen molar-refractivity contribution >= 4 is 40.3 Å². The van der Waals surface area contributed by atoms with Crippen LogP contribution in [0.3, 0.4) is 0 Å². The maximum absolute atomic E-state index is 10.6. The lowest BCUT2D eigenvalue weighted by Gasteiger charge is -2.11. The SMILES string of the molecule is COc1cc(/C=N/Nc2ccc([N+](=O)[O-])cn2)cc(I)c1OCC#N. The first-order chi connectivity index (χ1) is 12.0. The Balaban J connectivity index is 2.11. The molecule has 1 aromatic carbocycles. The molecule has 1 aromatic heterocycles. The summed E-state index contributed by atoms with van der Waals surface area (Å²) in [4.78, 5) is 13.9. The van der Waals surface area contributed by atoms with E-state index in [-0.39, 0.29) is 12.3 Å². The van der Waals surface area contributed by atoms with E-state index in [1.807, 2.05) is 12.1 Å². The minimum Gasteiger partial charge on any atom is -0.493 e. The normalized spacial score (nSPS) is 10.3. The Morgan fingerprint density at radius 1 is 1.52 bits per heavy atom. The molecular formula is C15H12IN5O4. The van der Waals surface area contributed by atoms with Gasteiger partial charge in [0.05, 0.1) is 21.8 Å². The Morgan fingerprint density at radius 2 is 2.32 bits per heavy atom. The van der Waals surface area contributed by atoms with Crippen LogP contribution in [0.2, 0.25) is 0 Å². The van der Waals surface area contributed by atoms with Crippen molar-refractivity contribution in [2.45, 2.75) is 0 Å². The van der Waals surface area contributed by atoms with Crippen LogP contribution in [0.4, 0.5) is 11.5 Å². The summed E-state index contributed by atoms with van der Waals surface area (Å²) < 4.78 is 11.4. The summed E-state index contributed by atoms with van der Waals surface area (Å²) in [7, 11) is 1.50. The van der Waals surface area contributed by atoms with Gasteiger partial charge in [0, 0.05) is 6.07 Å². The first-order valence-electron chi connectivity index (χ1n) is 6.82. The molecule has 2 rings (SSSR count). The third-order valence-electron chi connectivity index (χ3n) is 2.88. The highest BCUT2D eigenvalue weighted by molar-refractivity contribution is 14.1. The molecule has 0 bridgehead atoms. The highest BCUT2D eigenvalue weighted by Crippen LogP contribution is 2.33. The van der Waals surface area contributed by atoms with Crippen LogP contribution in [0, 0.1) is 25.0 Å². The molecule has 9 nitrogen and oxygen atoms in total. The van der Waals surface area contributed by atoms with Crippen LogP contribution in [0.15, 0.2) is 35.6 Å². The van der Waals surface area contributed by atoms with E-state index in [0.717, 1.165) is 15.3 Å². The quantitative estimate of drug-likeness (QED) is 0.296. The molecule has 128 valence electrons. The van der Waals surface area contributed by atoms with Gasteiger partial charge in [-0.05, 0) is 46.4 Å². The molecule has 0 amide bonds. The number of methoxy groups -OCH3 is 1. The van der Waals surface area contributed by atoms with E-state index in [2.05, 4.69) is 38.1 Å². The fourth-order valence-corrected chi connectivity index (χ4v) is 2.57. The van der Waals surface area contributed by atoms with Crippen molar-refractivity contribution in [1.82, 2.24) is 4.98 Å². The number of halogens is 1. The average molecular weight is 453 g/mol. The van der Waals surface area contributed by atoms with Crippen molar-refractivity contribution in [3.8, 4) is 17.6 Å². The number of ether oxygens (including phenoxy) is 2. The summed E-state index contributed by atoms with van der Waals surface area (Å²) in [5.41, 5.74) is 3.32. The monoisotopic (exact) mass is 453 g/mol. The standard InChI is InChI=1S/C15H12IN5O4/c1-24-13-7-10(6-12(16)15(13)25-5-4-17)8-19-20-14-3-2-11(9-18-14)21(22)23/h2-3,6-9H,5H2,1H3,(H,18,20)/b19-8+. The molecule has 0 aliphatic carbocycles. The van der Waals surface area contributed by atoms with Crippen molar-refractivity contribution in [2.75, 3.05) is 19.1 Å². The second-order valence-corrected chi connectivity index (χ2v) is 5.67. The number of nitriles is 1. The minimum atomic E-state index is -0.524. The molecule has 10 heteroatoms. The predicted molar refractivity (Wildman–Crippen MR) is 98.9 cm³/mol. The molecule has 25 heavy (non-hydrogen) atoms. The van der Waals surface area contributed by atoms with Gasteiger partial charge in [0.1, 0.15) is 18.1 Å². The first kappa shape index (κ1) is 18.4. The van der Waals surface area contributed by atoms with Gasteiger partial charge in [-0.2, -0.15) is 10.4 Å². The minimum absolute atomic E-state index is 0.0762. The molecule has 0 atom stereocenters. The summed E-state index contributed by atoms with van der Waals surface area (Å²) in [5, 5.41) is 23.2. The Hall–Kier alpha value is -2.94. The second-order valence-electron chi connectivity index (χ2n) is 4.51. The van der Waals surface area contributed by atoms with E-state index in [9.17, 15) is 10.1 Å². The average Bonchev–Trinajstić information content (AvgIpc) is 2.61. The second kappa shape index (κ2) is 8.78. The predicted octanol–water partition coefficient (Wildman–Crippen LogP) is 2.95. The van der Waals surface area contributed by atoms with Gasteiger partial charge in [0.25, 0.3) is 5.69 Å². The number of rotatable bonds is 7. The van der Waals surface area contributed by atoms with Crippen molar-refractivity contribution in [3.05, 3.63) is 49.7 Å². The van der Waals surface area contributed by atoms with Gasteiger partial charge >= 0.3 is 0 Å². The lowest BCUT2D eigenvalue weighted by Crippen LogP contribution is -2.00. The number of hydrazone groups is 1. The fraction of sp³-hybridized carbons (Fsp3) is 0.133. The van der Waals surface area contributed by atoms with Gasteiger partial charge in [0.2, 0.25) is 0 Å². The molecule has 0 spiro atoms. The molecule has 1 N–H and O–H groups in total.